The largest absolute Gasteiger partial charge is 0.372 e. The Bertz CT molecular complexity index is 1010. The summed E-state index contributed by atoms with van der Waals surface area (Å²) < 4.78 is 2.10. The summed E-state index contributed by atoms with van der Waals surface area (Å²) in [7, 11) is 0. The maximum absolute atomic E-state index is 5.36. The molecule has 1 aromatic carbocycles. The lowest BCUT2D eigenvalue weighted by Gasteiger charge is -2.20. The van der Waals surface area contributed by atoms with Crippen LogP contribution >= 0.6 is 12.2 Å². The molecule has 4 rings (SSSR count). The molecule has 3 aromatic rings. The second kappa shape index (κ2) is 7.48. The SMILES string of the molecule is CCN(CC)c1ccc(C=Nn2c(-c3n[nH]c4c3CCC4)n[nH]c2=S)cc1. The second-order valence-corrected chi connectivity index (χ2v) is 6.94. The zero-order chi connectivity index (χ0) is 18.8. The van der Waals surface area contributed by atoms with Crippen molar-refractivity contribution in [2.45, 2.75) is 33.1 Å². The van der Waals surface area contributed by atoms with Crippen molar-refractivity contribution in [1.82, 2.24) is 25.1 Å². The second-order valence-electron chi connectivity index (χ2n) is 6.56. The van der Waals surface area contributed by atoms with Crippen LogP contribution in [0.5, 0.6) is 0 Å². The zero-order valence-electron chi connectivity index (χ0n) is 15.6. The molecule has 8 heteroatoms. The van der Waals surface area contributed by atoms with Crippen LogP contribution in [0.1, 0.15) is 37.1 Å². The number of rotatable bonds is 6. The number of nitrogens with one attached hydrogen (secondary N) is 2. The first-order valence-electron chi connectivity index (χ1n) is 9.34. The van der Waals surface area contributed by atoms with Gasteiger partial charge in [0, 0.05) is 30.0 Å². The number of benzene rings is 1. The van der Waals surface area contributed by atoms with E-state index in [1.807, 2.05) is 0 Å². The molecule has 0 saturated carbocycles. The van der Waals surface area contributed by atoms with E-state index in [1.165, 1.54) is 16.9 Å². The van der Waals surface area contributed by atoms with Gasteiger partial charge < -0.3 is 4.90 Å². The number of H-pyrrole nitrogens is 2. The minimum atomic E-state index is 0.454. The fourth-order valence-corrected chi connectivity index (χ4v) is 3.72. The van der Waals surface area contributed by atoms with Crippen molar-refractivity contribution in [3.63, 3.8) is 0 Å². The third-order valence-corrected chi connectivity index (χ3v) is 5.28. The average molecular weight is 382 g/mol. The number of fused-ring (bicyclic) bond motifs is 1. The summed E-state index contributed by atoms with van der Waals surface area (Å²) in [5, 5.41) is 19.3. The summed E-state index contributed by atoms with van der Waals surface area (Å²) in [5.74, 6) is 0.649. The van der Waals surface area contributed by atoms with E-state index in [1.54, 1.807) is 10.9 Å². The number of nitrogens with zero attached hydrogens (tertiary/aromatic N) is 5. The molecular formula is C19H23N7S. The van der Waals surface area contributed by atoms with Crippen LogP contribution in [0.25, 0.3) is 11.5 Å². The summed E-state index contributed by atoms with van der Waals surface area (Å²) in [6, 6.07) is 8.36. The van der Waals surface area contributed by atoms with E-state index in [-0.39, 0.29) is 0 Å². The van der Waals surface area contributed by atoms with Crippen LogP contribution in [0.3, 0.4) is 0 Å². The first kappa shape index (κ1) is 17.7. The van der Waals surface area contributed by atoms with Gasteiger partial charge in [-0.3, -0.25) is 5.10 Å². The standard InChI is InChI=1S/C19H23N7S/c1-3-25(4-2)14-10-8-13(9-11-14)12-20-26-18(23-24-19(26)27)17-15-6-5-7-16(15)21-22-17/h8-12H,3-7H2,1-2H3,(H,21,22)(H,24,27). The molecule has 0 bridgehead atoms. The molecule has 0 aliphatic heterocycles. The molecule has 0 atom stereocenters. The Kier molecular flexibility index (Phi) is 4.89. The van der Waals surface area contributed by atoms with Crippen LogP contribution in [0.15, 0.2) is 29.4 Å². The van der Waals surface area contributed by atoms with Crippen LogP contribution < -0.4 is 4.90 Å². The summed E-state index contributed by atoms with van der Waals surface area (Å²) >= 11 is 5.36. The molecule has 2 aromatic heterocycles. The monoisotopic (exact) mass is 381 g/mol. The van der Waals surface area contributed by atoms with Gasteiger partial charge in [0.15, 0.2) is 0 Å². The number of aryl methyl sites for hydroxylation is 1. The number of hydrogen-bond donors (Lipinski definition) is 2. The lowest BCUT2D eigenvalue weighted by Crippen LogP contribution is -2.21. The molecule has 2 heterocycles. The molecule has 1 aliphatic rings. The van der Waals surface area contributed by atoms with Crippen LogP contribution in [-0.4, -0.2) is 44.4 Å². The Hall–Kier alpha value is -2.74. The lowest BCUT2D eigenvalue weighted by molar-refractivity contribution is 0.844. The lowest BCUT2D eigenvalue weighted by atomic mass is 10.2. The normalized spacial score (nSPS) is 13.4. The first-order chi connectivity index (χ1) is 13.2. The van der Waals surface area contributed by atoms with Gasteiger partial charge in [-0.25, -0.2) is 5.10 Å². The molecule has 0 spiro atoms. The Balaban J connectivity index is 1.62. The average Bonchev–Trinajstić information content (AvgIpc) is 3.38. The minimum Gasteiger partial charge on any atom is -0.372 e. The van der Waals surface area contributed by atoms with E-state index in [9.17, 15) is 0 Å². The number of aromatic amines is 2. The van der Waals surface area contributed by atoms with Crippen molar-refractivity contribution >= 4 is 24.1 Å². The van der Waals surface area contributed by atoms with Crippen LogP contribution in [0.2, 0.25) is 0 Å². The molecule has 0 radical (unpaired) electrons. The number of aromatic nitrogens is 5. The van der Waals surface area contributed by atoms with Crippen molar-refractivity contribution < 1.29 is 0 Å². The highest BCUT2D eigenvalue weighted by atomic mass is 32.1. The van der Waals surface area contributed by atoms with Gasteiger partial charge in [0.2, 0.25) is 10.6 Å². The molecule has 2 N–H and O–H groups in total. The predicted octanol–water partition coefficient (Wildman–Crippen LogP) is 3.55. The fourth-order valence-electron chi connectivity index (χ4n) is 3.54. The molecule has 7 nitrogen and oxygen atoms in total. The molecule has 0 unspecified atom stereocenters. The highest BCUT2D eigenvalue weighted by Gasteiger charge is 2.23. The quantitative estimate of drug-likeness (QED) is 0.506. The van der Waals surface area contributed by atoms with Gasteiger partial charge in [0.1, 0.15) is 5.69 Å². The molecular weight excluding hydrogens is 358 g/mol. The highest BCUT2D eigenvalue weighted by molar-refractivity contribution is 7.71. The third kappa shape index (κ3) is 3.32. The number of hydrogen-bond acceptors (Lipinski definition) is 5. The van der Waals surface area contributed by atoms with Gasteiger partial charge >= 0.3 is 0 Å². The van der Waals surface area contributed by atoms with E-state index >= 15 is 0 Å². The summed E-state index contributed by atoms with van der Waals surface area (Å²) in [5.41, 5.74) is 5.48. The van der Waals surface area contributed by atoms with Crippen LogP contribution in [-0.2, 0) is 12.8 Å². The summed E-state index contributed by atoms with van der Waals surface area (Å²) in [6.07, 6.45) is 4.99. The van der Waals surface area contributed by atoms with E-state index in [0.29, 0.717) is 10.6 Å². The van der Waals surface area contributed by atoms with Gasteiger partial charge in [-0.15, -0.1) is 0 Å². The summed E-state index contributed by atoms with van der Waals surface area (Å²) in [4.78, 5) is 2.31. The topological polar surface area (TPSA) is 77.9 Å². The van der Waals surface area contributed by atoms with Crippen molar-refractivity contribution in [2.75, 3.05) is 18.0 Å². The summed E-state index contributed by atoms with van der Waals surface area (Å²) in [6.45, 7) is 6.30. The van der Waals surface area contributed by atoms with Crippen LogP contribution in [0, 0.1) is 4.77 Å². The molecule has 1 aliphatic carbocycles. The fraction of sp³-hybridized carbons (Fsp3) is 0.368. The maximum Gasteiger partial charge on any atom is 0.216 e. The van der Waals surface area contributed by atoms with E-state index in [4.69, 9.17) is 12.2 Å². The van der Waals surface area contributed by atoms with Crippen molar-refractivity contribution in [1.29, 1.82) is 0 Å². The third-order valence-electron chi connectivity index (χ3n) is 5.01. The van der Waals surface area contributed by atoms with Gasteiger partial charge in [-0.2, -0.15) is 20.0 Å². The zero-order valence-corrected chi connectivity index (χ0v) is 16.4. The van der Waals surface area contributed by atoms with Crippen molar-refractivity contribution in [2.24, 2.45) is 5.10 Å². The van der Waals surface area contributed by atoms with Crippen molar-refractivity contribution in [3.05, 3.63) is 45.9 Å². The van der Waals surface area contributed by atoms with E-state index < -0.39 is 0 Å². The highest BCUT2D eigenvalue weighted by Crippen LogP contribution is 2.29. The van der Waals surface area contributed by atoms with Gasteiger partial charge in [0.25, 0.3) is 0 Å². The minimum absolute atomic E-state index is 0.454. The molecule has 0 amide bonds. The van der Waals surface area contributed by atoms with Crippen molar-refractivity contribution in [3.8, 4) is 11.5 Å². The maximum atomic E-state index is 5.36. The Labute approximate surface area is 163 Å². The Morgan fingerprint density at radius 1 is 1.15 bits per heavy atom. The van der Waals surface area contributed by atoms with Gasteiger partial charge in [-0.05, 0) is 63.0 Å². The Morgan fingerprint density at radius 3 is 2.67 bits per heavy atom. The number of anilines is 1. The Morgan fingerprint density at radius 2 is 1.93 bits per heavy atom. The molecule has 0 fully saturated rings. The van der Waals surface area contributed by atoms with E-state index in [0.717, 1.165) is 43.6 Å². The molecule has 140 valence electrons. The first-order valence-corrected chi connectivity index (χ1v) is 9.75. The molecule has 27 heavy (non-hydrogen) atoms. The predicted molar refractivity (Wildman–Crippen MR) is 110 cm³/mol. The van der Waals surface area contributed by atoms with Gasteiger partial charge in [0.05, 0.1) is 6.21 Å². The van der Waals surface area contributed by atoms with Gasteiger partial charge in [-0.1, -0.05) is 12.1 Å². The van der Waals surface area contributed by atoms with Crippen LogP contribution in [0.4, 0.5) is 5.69 Å². The molecule has 0 saturated heterocycles. The van der Waals surface area contributed by atoms with E-state index in [2.05, 4.69) is 68.5 Å². The smallest absolute Gasteiger partial charge is 0.216 e.